The Morgan fingerprint density at radius 1 is 1.25 bits per heavy atom. The summed E-state index contributed by atoms with van der Waals surface area (Å²) in [6.07, 6.45) is 0. The summed E-state index contributed by atoms with van der Waals surface area (Å²) in [7, 11) is 0. The highest BCUT2D eigenvalue weighted by molar-refractivity contribution is 7.98. The lowest BCUT2D eigenvalue weighted by molar-refractivity contribution is 0.501. The van der Waals surface area contributed by atoms with E-state index in [9.17, 15) is 0 Å². The Hall–Kier alpha value is -1.69. The lowest BCUT2D eigenvalue weighted by Gasteiger charge is -2.00. The van der Waals surface area contributed by atoms with Gasteiger partial charge in [0.2, 0.25) is 0 Å². The Kier molecular flexibility index (Phi) is 3.00. The SMILES string of the molecule is Cc1ccc(CSc2nc(N)cc(N)n2)o1. The summed E-state index contributed by atoms with van der Waals surface area (Å²) in [6, 6.07) is 5.38. The van der Waals surface area contributed by atoms with Crippen molar-refractivity contribution in [3.8, 4) is 0 Å². The van der Waals surface area contributed by atoms with Gasteiger partial charge in [-0.2, -0.15) is 0 Å². The van der Waals surface area contributed by atoms with Gasteiger partial charge in [-0.15, -0.1) is 0 Å². The Morgan fingerprint density at radius 3 is 2.50 bits per heavy atom. The molecule has 0 fully saturated rings. The molecular weight excluding hydrogens is 224 g/mol. The number of nitrogens with two attached hydrogens (primary N) is 2. The third-order valence-corrected chi connectivity index (χ3v) is 2.75. The molecule has 0 aliphatic carbocycles. The van der Waals surface area contributed by atoms with Gasteiger partial charge in [-0.1, -0.05) is 11.8 Å². The predicted molar refractivity (Wildman–Crippen MR) is 63.9 cm³/mol. The number of aromatic nitrogens is 2. The van der Waals surface area contributed by atoms with Crippen LogP contribution in [0.5, 0.6) is 0 Å². The van der Waals surface area contributed by atoms with Crippen molar-refractivity contribution in [3.05, 3.63) is 29.7 Å². The van der Waals surface area contributed by atoms with Crippen molar-refractivity contribution < 1.29 is 4.42 Å². The molecule has 84 valence electrons. The first kappa shape index (κ1) is 10.8. The van der Waals surface area contributed by atoms with E-state index < -0.39 is 0 Å². The van der Waals surface area contributed by atoms with Gasteiger partial charge in [0.15, 0.2) is 5.16 Å². The van der Waals surface area contributed by atoms with E-state index in [0.29, 0.717) is 22.5 Å². The van der Waals surface area contributed by atoms with Crippen molar-refractivity contribution in [2.45, 2.75) is 17.8 Å². The number of aryl methyl sites for hydroxylation is 1. The van der Waals surface area contributed by atoms with E-state index in [0.717, 1.165) is 11.5 Å². The average molecular weight is 236 g/mol. The van der Waals surface area contributed by atoms with Crippen molar-refractivity contribution in [1.82, 2.24) is 9.97 Å². The second kappa shape index (κ2) is 4.44. The van der Waals surface area contributed by atoms with Crippen LogP contribution in [0.1, 0.15) is 11.5 Å². The fraction of sp³-hybridized carbons (Fsp3) is 0.200. The van der Waals surface area contributed by atoms with Crippen LogP contribution >= 0.6 is 11.8 Å². The molecule has 0 saturated heterocycles. The number of hydrogen-bond acceptors (Lipinski definition) is 6. The topological polar surface area (TPSA) is 91.0 Å². The minimum atomic E-state index is 0.380. The fourth-order valence-electron chi connectivity index (χ4n) is 1.22. The molecule has 2 heterocycles. The molecule has 0 radical (unpaired) electrons. The van der Waals surface area contributed by atoms with Gasteiger partial charge in [0.25, 0.3) is 0 Å². The second-order valence-electron chi connectivity index (χ2n) is 3.30. The molecule has 0 saturated carbocycles. The quantitative estimate of drug-likeness (QED) is 0.624. The van der Waals surface area contributed by atoms with Crippen LogP contribution in [0, 0.1) is 6.92 Å². The maximum absolute atomic E-state index is 5.56. The zero-order valence-electron chi connectivity index (χ0n) is 8.80. The van der Waals surface area contributed by atoms with Crippen LogP contribution in [-0.4, -0.2) is 9.97 Å². The predicted octanol–water partition coefficient (Wildman–Crippen LogP) is 1.83. The molecule has 5 nitrogen and oxygen atoms in total. The van der Waals surface area contributed by atoms with Crippen molar-refractivity contribution in [2.24, 2.45) is 0 Å². The highest BCUT2D eigenvalue weighted by atomic mass is 32.2. The summed E-state index contributed by atoms with van der Waals surface area (Å²) in [5.41, 5.74) is 11.1. The largest absolute Gasteiger partial charge is 0.465 e. The zero-order valence-corrected chi connectivity index (χ0v) is 9.62. The first-order valence-electron chi connectivity index (χ1n) is 4.71. The first-order valence-corrected chi connectivity index (χ1v) is 5.70. The molecule has 6 heteroatoms. The lowest BCUT2D eigenvalue weighted by Crippen LogP contribution is -1.99. The van der Waals surface area contributed by atoms with Crippen molar-refractivity contribution >= 4 is 23.4 Å². The van der Waals surface area contributed by atoms with E-state index in [1.165, 1.54) is 17.8 Å². The molecule has 0 aliphatic heterocycles. The van der Waals surface area contributed by atoms with Crippen molar-refractivity contribution in [3.63, 3.8) is 0 Å². The highest BCUT2D eigenvalue weighted by Crippen LogP contribution is 2.22. The fourth-order valence-corrected chi connectivity index (χ4v) is 1.99. The monoisotopic (exact) mass is 236 g/mol. The summed E-state index contributed by atoms with van der Waals surface area (Å²) < 4.78 is 5.43. The molecule has 2 aromatic rings. The van der Waals surface area contributed by atoms with Crippen molar-refractivity contribution in [1.29, 1.82) is 0 Å². The summed E-state index contributed by atoms with van der Waals surface area (Å²) in [5.74, 6) is 3.20. The average Bonchev–Trinajstić information content (AvgIpc) is 2.60. The Bertz CT molecular complexity index is 477. The van der Waals surface area contributed by atoms with Crippen LogP contribution in [0.25, 0.3) is 0 Å². The van der Waals surface area contributed by atoms with Gasteiger partial charge in [0.1, 0.15) is 23.2 Å². The minimum Gasteiger partial charge on any atom is -0.465 e. The Balaban J connectivity index is 2.04. The van der Waals surface area contributed by atoms with Gasteiger partial charge < -0.3 is 15.9 Å². The van der Waals surface area contributed by atoms with Gasteiger partial charge in [-0.3, -0.25) is 0 Å². The van der Waals surface area contributed by atoms with Gasteiger partial charge in [0.05, 0.1) is 5.75 Å². The summed E-state index contributed by atoms with van der Waals surface area (Å²) in [5, 5.41) is 0.562. The number of furan rings is 1. The summed E-state index contributed by atoms with van der Waals surface area (Å²) in [4.78, 5) is 8.13. The molecule has 0 amide bonds. The molecule has 0 bridgehead atoms. The van der Waals surface area contributed by atoms with E-state index in [1.807, 2.05) is 19.1 Å². The first-order chi connectivity index (χ1) is 7.63. The molecule has 0 atom stereocenters. The van der Waals surface area contributed by atoms with Crippen LogP contribution in [-0.2, 0) is 5.75 Å². The third kappa shape index (κ3) is 2.66. The summed E-state index contributed by atoms with van der Waals surface area (Å²) in [6.45, 7) is 1.91. The summed E-state index contributed by atoms with van der Waals surface area (Å²) >= 11 is 1.44. The normalized spacial score (nSPS) is 10.6. The van der Waals surface area contributed by atoms with Crippen LogP contribution in [0.3, 0.4) is 0 Å². The zero-order chi connectivity index (χ0) is 11.5. The van der Waals surface area contributed by atoms with E-state index in [-0.39, 0.29) is 0 Å². The van der Waals surface area contributed by atoms with E-state index in [4.69, 9.17) is 15.9 Å². The second-order valence-corrected chi connectivity index (χ2v) is 4.24. The lowest BCUT2D eigenvalue weighted by atomic mass is 10.5. The van der Waals surface area contributed by atoms with Crippen LogP contribution < -0.4 is 11.5 Å². The molecule has 0 spiro atoms. The van der Waals surface area contributed by atoms with Crippen LogP contribution in [0.15, 0.2) is 27.8 Å². The van der Waals surface area contributed by atoms with Crippen LogP contribution in [0.4, 0.5) is 11.6 Å². The number of anilines is 2. The minimum absolute atomic E-state index is 0.380. The molecule has 16 heavy (non-hydrogen) atoms. The van der Waals surface area contributed by atoms with E-state index >= 15 is 0 Å². The standard InChI is InChI=1S/C10H12N4OS/c1-6-2-3-7(15-6)5-16-10-13-8(11)4-9(12)14-10/h2-4H,5H2,1H3,(H4,11,12,13,14). The number of nitrogens with zero attached hydrogens (tertiary/aromatic N) is 2. The smallest absolute Gasteiger partial charge is 0.191 e. The molecule has 0 aromatic carbocycles. The maximum Gasteiger partial charge on any atom is 0.191 e. The van der Waals surface area contributed by atoms with Gasteiger partial charge in [-0.05, 0) is 19.1 Å². The van der Waals surface area contributed by atoms with Gasteiger partial charge in [-0.25, -0.2) is 9.97 Å². The van der Waals surface area contributed by atoms with Crippen LogP contribution in [0.2, 0.25) is 0 Å². The molecule has 2 rings (SSSR count). The molecule has 0 aliphatic rings. The van der Waals surface area contributed by atoms with E-state index in [1.54, 1.807) is 0 Å². The van der Waals surface area contributed by atoms with E-state index in [2.05, 4.69) is 9.97 Å². The Labute approximate surface area is 97.3 Å². The number of rotatable bonds is 3. The van der Waals surface area contributed by atoms with Gasteiger partial charge >= 0.3 is 0 Å². The molecule has 0 unspecified atom stereocenters. The molecular formula is C10H12N4OS. The Morgan fingerprint density at radius 2 is 1.94 bits per heavy atom. The highest BCUT2D eigenvalue weighted by Gasteiger charge is 2.04. The number of hydrogen-bond donors (Lipinski definition) is 2. The molecule has 2 aromatic heterocycles. The van der Waals surface area contributed by atoms with Crippen molar-refractivity contribution in [2.75, 3.05) is 11.5 Å². The number of thioether (sulfide) groups is 1. The maximum atomic E-state index is 5.56. The molecule has 4 N–H and O–H groups in total. The third-order valence-electron chi connectivity index (χ3n) is 1.88. The van der Waals surface area contributed by atoms with Gasteiger partial charge in [0, 0.05) is 6.07 Å². The number of nitrogen functional groups attached to an aromatic ring is 2.